The van der Waals surface area contributed by atoms with Crippen molar-refractivity contribution in [3.63, 3.8) is 0 Å². The van der Waals surface area contributed by atoms with Gasteiger partial charge in [0.1, 0.15) is 5.82 Å². The Bertz CT molecular complexity index is 321. The normalized spacial score (nSPS) is 10.3. The molecule has 12 heavy (non-hydrogen) atoms. The average molecular weight is 164 g/mol. The van der Waals surface area contributed by atoms with Crippen LogP contribution in [0.1, 0.15) is 5.56 Å². The van der Waals surface area contributed by atoms with Crippen molar-refractivity contribution in [2.45, 2.75) is 0 Å². The van der Waals surface area contributed by atoms with Gasteiger partial charge in [-0.25, -0.2) is 9.78 Å². The summed E-state index contributed by atoms with van der Waals surface area (Å²) in [7, 11) is 0. The Kier molecular flexibility index (Phi) is 2.42. The van der Waals surface area contributed by atoms with Crippen LogP contribution < -0.4 is 5.73 Å². The SMILES string of the molecule is Nc1cc(C=CC(=O)O)ccn1. The largest absolute Gasteiger partial charge is 0.478 e. The molecule has 0 aliphatic rings. The van der Waals surface area contributed by atoms with Gasteiger partial charge >= 0.3 is 5.97 Å². The van der Waals surface area contributed by atoms with Crippen LogP contribution in [0.3, 0.4) is 0 Å². The average Bonchev–Trinajstić information content (AvgIpc) is 2.01. The van der Waals surface area contributed by atoms with Crippen LogP contribution in [0, 0.1) is 0 Å². The van der Waals surface area contributed by atoms with E-state index in [1.54, 1.807) is 12.1 Å². The first-order chi connectivity index (χ1) is 5.68. The minimum atomic E-state index is -0.981. The van der Waals surface area contributed by atoms with Crippen molar-refractivity contribution in [1.29, 1.82) is 0 Å². The van der Waals surface area contributed by atoms with E-state index in [1.165, 1.54) is 12.3 Å². The van der Waals surface area contributed by atoms with Crippen molar-refractivity contribution in [3.05, 3.63) is 30.0 Å². The third-order valence-corrected chi connectivity index (χ3v) is 1.22. The topological polar surface area (TPSA) is 76.2 Å². The molecule has 0 unspecified atom stereocenters. The Morgan fingerprint density at radius 3 is 3.00 bits per heavy atom. The minimum Gasteiger partial charge on any atom is -0.478 e. The van der Waals surface area contributed by atoms with Crippen LogP contribution in [-0.4, -0.2) is 16.1 Å². The molecule has 0 saturated heterocycles. The van der Waals surface area contributed by atoms with Crippen molar-refractivity contribution in [1.82, 2.24) is 4.98 Å². The number of rotatable bonds is 2. The van der Waals surface area contributed by atoms with Gasteiger partial charge in [0, 0.05) is 12.3 Å². The summed E-state index contributed by atoms with van der Waals surface area (Å²) in [4.78, 5) is 13.9. The molecule has 62 valence electrons. The van der Waals surface area contributed by atoms with E-state index in [-0.39, 0.29) is 0 Å². The third kappa shape index (κ3) is 2.42. The van der Waals surface area contributed by atoms with Crippen LogP contribution >= 0.6 is 0 Å². The zero-order valence-electron chi connectivity index (χ0n) is 6.27. The van der Waals surface area contributed by atoms with Crippen LogP contribution in [0.15, 0.2) is 24.4 Å². The summed E-state index contributed by atoms with van der Waals surface area (Å²) in [6.45, 7) is 0. The lowest BCUT2D eigenvalue weighted by atomic mass is 10.2. The summed E-state index contributed by atoms with van der Waals surface area (Å²) in [5.41, 5.74) is 6.10. The standard InChI is InChI=1S/C8H8N2O2/c9-7-5-6(3-4-10-7)1-2-8(11)12/h1-5H,(H2,9,10)(H,11,12). The molecule has 1 aromatic rings. The van der Waals surface area contributed by atoms with E-state index in [2.05, 4.69) is 4.98 Å². The maximum atomic E-state index is 10.1. The number of hydrogen-bond acceptors (Lipinski definition) is 3. The van der Waals surface area contributed by atoms with Gasteiger partial charge in [-0.2, -0.15) is 0 Å². The van der Waals surface area contributed by atoms with Crippen LogP contribution in [-0.2, 0) is 4.79 Å². The molecule has 1 rings (SSSR count). The molecule has 0 saturated carbocycles. The summed E-state index contributed by atoms with van der Waals surface area (Å²) in [5.74, 6) is -0.604. The molecular formula is C8H8N2O2. The lowest BCUT2D eigenvalue weighted by molar-refractivity contribution is -0.131. The number of nitrogens with zero attached hydrogens (tertiary/aromatic N) is 1. The molecule has 0 spiro atoms. The third-order valence-electron chi connectivity index (χ3n) is 1.22. The molecule has 0 aromatic carbocycles. The van der Waals surface area contributed by atoms with Crippen LogP contribution in [0.2, 0.25) is 0 Å². The molecule has 1 aromatic heterocycles. The van der Waals surface area contributed by atoms with Crippen molar-refractivity contribution in [2.24, 2.45) is 0 Å². The van der Waals surface area contributed by atoms with Gasteiger partial charge in [-0.05, 0) is 23.8 Å². The Balaban J connectivity index is 2.83. The first-order valence-corrected chi connectivity index (χ1v) is 3.31. The van der Waals surface area contributed by atoms with Crippen molar-refractivity contribution in [2.75, 3.05) is 5.73 Å². The maximum Gasteiger partial charge on any atom is 0.328 e. The molecule has 0 bridgehead atoms. The van der Waals surface area contributed by atoms with E-state index in [9.17, 15) is 4.79 Å². The number of nitrogen functional groups attached to an aromatic ring is 1. The molecular weight excluding hydrogens is 156 g/mol. The van der Waals surface area contributed by atoms with Crippen molar-refractivity contribution in [3.8, 4) is 0 Å². The van der Waals surface area contributed by atoms with Gasteiger partial charge in [-0.1, -0.05) is 0 Å². The summed E-state index contributed by atoms with van der Waals surface area (Å²) < 4.78 is 0. The highest BCUT2D eigenvalue weighted by molar-refractivity contribution is 5.85. The number of anilines is 1. The Labute approximate surface area is 69.4 Å². The van der Waals surface area contributed by atoms with Crippen LogP contribution in [0.4, 0.5) is 5.82 Å². The zero-order valence-corrected chi connectivity index (χ0v) is 6.27. The quantitative estimate of drug-likeness (QED) is 0.633. The fourth-order valence-corrected chi connectivity index (χ4v) is 0.737. The van der Waals surface area contributed by atoms with E-state index in [0.29, 0.717) is 5.82 Å². The molecule has 0 fully saturated rings. The molecule has 0 aliphatic heterocycles. The highest BCUT2D eigenvalue weighted by atomic mass is 16.4. The van der Waals surface area contributed by atoms with E-state index in [0.717, 1.165) is 11.6 Å². The highest BCUT2D eigenvalue weighted by Crippen LogP contribution is 2.04. The first-order valence-electron chi connectivity index (χ1n) is 3.31. The number of carboxylic acid groups (broad SMARTS) is 1. The second-order valence-corrected chi connectivity index (χ2v) is 2.19. The summed E-state index contributed by atoms with van der Waals surface area (Å²) in [6, 6.07) is 3.27. The molecule has 0 radical (unpaired) electrons. The highest BCUT2D eigenvalue weighted by Gasteiger charge is 1.90. The second kappa shape index (κ2) is 3.52. The Morgan fingerprint density at radius 2 is 2.42 bits per heavy atom. The number of carboxylic acids is 1. The fourth-order valence-electron chi connectivity index (χ4n) is 0.737. The number of aromatic nitrogens is 1. The van der Waals surface area contributed by atoms with E-state index >= 15 is 0 Å². The second-order valence-electron chi connectivity index (χ2n) is 2.19. The van der Waals surface area contributed by atoms with Crippen molar-refractivity contribution >= 4 is 17.9 Å². The summed E-state index contributed by atoms with van der Waals surface area (Å²) >= 11 is 0. The molecule has 3 N–H and O–H groups in total. The maximum absolute atomic E-state index is 10.1. The number of nitrogens with two attached hydrogens (primary N) is 1. The minimum absolute atomic E-state index is 0.377. The van der Waals surface area contributed by atoms with E-state index in [4.69, 9.17) is 10.8 Å². The van der Waals surface area contributed by atoms with Gasteiger partial charge in [0.05, 0.1) is 0 Å². The fraction of sp³-hybridized carbons (Fsp3) is 0. The van der Waals surface area contributed by atoms with Crippen LogP contribution in [0.25, 0.3) is 6.08 Å². The molecule has 0 atom stereocenters. The Morgan fingerprint density at radius 1 is 1.67 bits per heavy atom. The monoisotopic (exact) mass is 164 g/mol. The van der Waals surface area contributed by atoms with E-state index in [1.807, 2.05) is 0 Å². The zero-order chi connectivity index (χ0) is 8.97. The van der Waals surface area contributed by atoms with Gasteiger partial charge in [-0.3, -0.25) is 0 Å². The Hall–Kier alpha value is -1.84. The predicted molar refractivity (Wildman–Crippen MR) is 45.3 cm³/mol. The number of hydrogen-bond donors (Lipinski definition) is 2. The molecule has 1 heterocycles. The van der Waals surface area contributed by atoms with E-state index < -0.39 is 5.97 Å². The van der Waals surface area contributed by atoms with Gasteiger partial charge < -0.3 is 10.8 Å². The lowest BCUT2D eigenvalue weighted by Gasteiger charge is -1.92. The number of carbonyl (C=O) groups is 1. The smallest absolute Gasteiger partial charge is 0.328 e. The lowest BCUT2D eigenvalue weighted by Crippen LogP contribution is -1.89. The van der Waals surface area contributed by atoms with Gasteiger partial charge in [0.2, 0.25) is 0 Å². The number of pyridine rings is 1. The first kappa shape index (κ1) is 8.26. The summed E-state index contributed by atoms with van der Waals surface area (Å²) in [5, 5.41) is 8.31. The molecule has 4 heteroatoms. The molecule has 0 aliphatic carbocycles. The van der Waals surface area contributed by atoms with Gasteiger partial charge in [-0.15, -0.1) is 0 Å². The van der Waals surface area contributed by atoms with Gasteiger partial charge in [0.25, 0.3) is 0 Å². The number of aliphatic carboxylic acids is 1. The van der Waals surface area contributed by atoms with Crippen molar-refractivity contribution < 1.29 is 9.90 Å². The molecule has 4 nitrogen and oxygen atoms in total. The predicted octanol–water partition coefficient (Wildman–Crippen LogP) is 0.762. The summed E-state index contributed by atoms with van der Waals surface area (Å²) in [6.07, 6.45) is 4.03. The van der Waals surface area contributed by atoms with Gasteiger partial charge in [0.15, 0.2) is 0 Å². The van der Waals surface area contributed by atoms with Crippen LogP contribution in [0.5, 0.6) is 0 Å². The molecule has 0 amide bonds.